The van der Waals surface area contributed by atoms with Crippen molar-refractivity contribution >= 4 is 11.6 Å². The number of morpholine rings is 1. The van der Waals surface area contributed by atoms with Crippen molar-refractivity contribution in [3.63, 3.8) is 0 Å². The van der Waals surface area contributed by atoms with E-state index in [1.54, 1.807) is 13.4 Å². The number of hydrogen-bond donors (Lipinski definition) is 1. The number of methoxy groups -OCH3 is 1. The van der Waals surface area contributed by atoms with E-state index in [2.05, 4.69) is 39.7 Å². The maximum Gasteiger partial charge on any atom is 0.134 e. The Morgan fingerprint density at radius 3 is 2.87 bits per heavy atom. The molecular formula is C16H27N5O2. The highest BCUT2D eigenvalue weighted by Gasteiger charge is 2.33. The second-order valence-electron chi connectivity index (χ2n) is 6.90. The normalized spacial score (nSPS) is 27.5. The first-order valence-electron chi connectivity index (χ1n) is 8.23. The van der Waals surface area contributed by atoms with E-state index < -0.39 is 0 Å². The summed E-state index contributed by atoms with van der Waals surface area (Å²) in [5.74, 6) is 1.87. The highest BCUT2D eigenvalue weighted by atomic mass is 16.5. The molecule has 128 valence electrons. The summed E-state index contributed by atoms with van der Waals surface area (Å²) in [6.07, 6.45) is 2.79. The molecule has 23 heavy (non-hydrogen) atoms. The van der Waals surface area contributed by atoms with Crippen LogP contribution in [0.5, 0.6) is 0 Å². The third-order valence-corrected chi connectivity index (χ3v) is 4.66. The number of anilines is 2. The van der Waals surface area contributed by atoms with E-state index in [9.17, 15) is 0 Å². The SMILES string of the molecule is CO[C@H]1C[C@@H](CN)N(c2cc(N3CCOC(C)(C)C3)ncn2)C1. The van der Waals surface area contributed by atoms with E-state index >= 15 is 0 Å². The lowest BCUT2D eigenvalue weighted by atomic mass is 10.1. The average Bonchev–Trinajstić information content (AvgIpc) is 2.97. The van der Waals surface area contributed by atoms with Crippen molar-refractivity contribution in [3.05, 3.63) is 12.4 Å². The number of nitrogens with zero attached hydrogens (tertiary/aromatic N) is 4. The number of aromatic nitrogens is 2. The first-order chi connectivity index (χ1) is 11.0. The van der Waals surface area contributed by atoms with Crippen LogP contribution >= 0.6 is 0 Å². The molecule has 1 aromatic heterocycles. The number of ether oxygens (including phenoxy) is 2. The van der Waals surface area contributed by atoms with Crippen molar-refractivity contribution in [1.82, 2.24) is 9.97 Å². The average molecular weight is 321 g/mol. The van der Waals surface area contributed by atoms with Gasteiger partial charge in [0.25, 0.3) is 0 Å². The minimum absolute atomic E-state index is 0.155. The lowest BCUT2D eigenvalue weighted by Gasteiger charge is -2.39. The highest BCUT2D eigenvalue weighted by molar-refractivity contribution is 5.52. The summed E-state index contributed by atoms with van der Waals surface area (Å²) >= 11 is 0. The molecule has 2 saturated heterocycles. The molecule has 0 aliphatic carbocycles. The van der Waals surface area contributed by atoms with Crippen LogP contribution < -0.4 is 15.5 Å². The Kier molecular flexibility index (Phi) is 4.70. The van der Waals surface area contributed by atoms with Gasteiger partial charge in [0, 0.05) is 45.4 Å². The lowest BCUT2D eigenvalue weighted by Crippen LogP contribution is -2.48. The maximum atomic E-state index is 5.93. The van der Waals surface area contributed by atoms with Crippen molar-refractivity contribution in [2.45, 2.75) is 38.0 Å². The molecule has 2 aliphatic rings. The fourth-order valence-electron chi connectivity index (χ4n) is 3.43. The highest BCUT2D eigenvalue weighted by Crippen LogP contribution is 2.28. The maximum absolute atomic E-state index is 5.93. The molecule has 2 N–H and O–H groups in total. The quantitative estimate of drug-likeness (QED) is 0.872. The first kappa shape index (κ1) is 16.4. The van der Waals surface area contributed by atoms with Gasteiger partial charge in [-0.05, 0) is 20.3 Å². The van der Waals surface area contributed by atoms with Gasteiger partial charge in [0.15, 0.2) is 0 Å². The van der Waals surface area contributed by atoms with Crippen LogP contribution in [0.3, 0.4) is 0 Å². The molecule has 0 aromatic carbocycles. The number of rotatable bonds is 4. The van der Waals surface area contributed by atoms with Crippen molar-refractivity contribution in [1.29, 1.82) is 0 Å². The Balaban J connectivity index is 1.80. The van der Waals surface area contributed by atoms with E-state index in [1.807, 2.05) is 0 Å². The predicted octanol–water partition coefficient (Wildman–Crippen LogP) is 0.644. The molecule has 0 radical (unpaired) electrons. The van der Waals surface area contributed by atoms with Crippen LogP contribution in [-0.2, 0) is 9.47 Å². The van der Waals surface area contributed by atoms with Gasteiger partial charge in [-0.2, -0.15) is 0 Å². The van der Waals surface area contributed by atoms with E-state index in [4.69, 9.17) is 15.2 Å². The van der Waals surface area contributed by atoms with Crippen LogP contribution in [0.15, 0.2) is 12.4 Å². The van der Waals surface area contributed by atoms with Gasteiger partial charge in [-0.1, -0.05) is 0 Å². The monoisotopic (exact) mass is 321 g/mol. The van der Waals surface area contributed by atoms with Crippen molar-refractivity contribution < 1.29 is 9.47 Å². The largest absolute Gasteiger partial charge is 0.380 e. The minimum atomic E-state index is -0.155. The van der Waals surface area contributed by atoms with Gasteiger partial charge in [0.05, 0.1) is 18.3 Å². The summed E-state index contributed by atoms with van der Waals surface area (Å²) in [4.78, 5) is 13.4. The van der Waals surface area contributed by atoms with E-state index in [-0.39, 0.29) is 17.7 Å². The molecule has 2 aliphatic heterocycles. The standard InChI is InChI=1S/C16H27N5O2/c1-16(2)10-20(4-5-23-16)14-7-15(19-11-18-14)21-9-13(22-3)6-12(21)8-17/h7,11-13H,4-6,8-10,17H2,1-3H3/t12-,13-/m0/s1. The zero-order valence-electron chi connectivity index (χ0n) is 14.2. The van der Waals surface area contributed by atoms with Crippen LogP contribution in [-0.4, -0.2) is 67.6 Å². The number of hydrogen-bond acceptors (Lipinski definition) is 7. The first-order valence-corrected chi connectivity index (χ1v) is 8.23. The molecule has 0 bridgehead atoms. The van der Waals surface area contributed by atoms with E-state index in [0.717, 1.165) is 37.7 Å². The fraction of sp³-hybridized carbons (Fsp3) is 0.750. The van der Waals surface area contributed by atoms with Crippen molar-refractivity contribution in [3.8, 4) is 0 Å². The molecular weight excluding hydrogens is 294 g/mol. The number of nitrogens with two attached hydrogens (primary N) is 1. The zero-order chi connectivity index (χ0) is 16.4. The van der Waals surface area contributed by atoms with E-state index in [0.29, 0.717) is 13.2 Å². The van der Waals surface area contributed by atoms with Crippen LogP contribution in [0.4, 0.5) is 11.6 Å². The Morgan fingerprint density at radius 2 is 2.17 bits per heavy atom. The van der Waals surface area contributed by atoms with Crippen LogP contribution in [0.1, 0.15) is 20.3 Å². The van der Waals surface area contributed by atoms with Crippen molar-refractivity contribution in [2.24, 2.45) is 5.73 Å². The molecule has 0 spiro atoms. The topological polar surface area (TPSA) is 76.7 Å². The predicted molar refractivity (Wildman–Crippen MR) is 89.9 cm³/mol. The third kappa shape index (κ3) is 3.57. The lowest BCUT2D eigenvalue weighted by molar-refractivity contribution is -0.0279. The Morgan fingerprint density at radius 1 is 1.39 bits per heavy atom. The van der Waals surface area contributed by atoms with Crippen LogP contribution in [0.2, 0.25) is 0 Å². The molecule has 3 rings (SSSR count). The molecule has 3 heterocycles. The van der Waals surface area contributed by atoms with Gasteiger partial charge in [-0.25, -0.2) is 9.97 Å². The molecule has 7 nitrogen and oxygen atoms in total. The molecule has 1 aromatic rings. The summed E-state index contributed by atoms with van der Waals surface area (Å²) < 4.78 is 11.3. The molecule has 2 fully saturated rings. The summed E-state index contributed by atoms with van der Waals surface area (Å²) in [6.45, 7) is 8.02. The second-order valence-corrected chi connectivity index (χ2v) is 6.90. The van der Waals surface area contributed by atoms with Crippen LogP contribution in [0, 0.1) is 0 Å². The van der Waals surface area contributed by atoms with Gasteiger partial charge in [-0.3, -0.25) is 0 Å². The molecule has 0 saturated carbocycles. The Hall–Kier alpha value is -1.44. The fourth-order valence-corrected chi connectivity index (χ4v) is 3.43. The van der Waals surface area contributed by atoms with Gasteiger partial charge in [0.2, 0.25) is 0 Å². The smallest absolute Gasteiger partial charge is 0.134 e. The van der Waals surface area contributed by atoms with Crippen molar-refractivity contribution in [2.75, 3.05) is 49.7 Å². The third-order valence-electron chi connectivity index (χ3n) is 4.66. The van der Waals surface area contributed by atoms with Gasteiger partial charge in [0.1, 0.15) is 18.0 Å². The Bertz CT molecular complexity index is 539. The molecule has 0 unspecified atom stereocenters. The zero-order valence-corrected chi connectivity index (χ0v) is 14.2. The molecule has 7 heteroatoms. The van der Waals surface area contributed by atoms with Gasteiger partial charge in [-0.15, -0.1) is 0 Å². The Labute approximate surface area is 137 Å². The summed E-state index contributed by atoms with van der Waals surface area (Å²) in [5, 5.41) is 0. The summed E-state index contributed by atoms with van der Waals surface area (Å²) in [6, 6.07) is 2.33. The van der Waals surface area contributed by atoms with Crippen LogP contribution in [0.25, 0.3) is 0 Å². The van der Waals surface area contributed by atoms with Gasteiger partial charge >= 0.3 is 0 Å². The molecule has 2 atom stereocenters. The summed E-state index contributed by atoms with van der Waals surface area (Å²) in [7, 11) is 1.75. The second kappa shape index (κ2) is 6.59. The van der Waals surface area contributed by atoms with E-state index in [1.165, 1.54) is 0 Å². The minimum Gasteiger partial charge on any atom is -0.380 e. The van der Waals surface area contributed by atoms with Gasteiger partial charge < -0.3 is 25.0 Å². The molecule has 0 amide bonds. The summed E-state index contributed by atoms with van der Waals surface area (Å²) in [5.41, 5.74) is 5.77.